The van der Waals surface area contributed by atoms with E-state index in [0.717, 1.165) is 31.5 Å². The minimum atomic E-state index is -0.372. The Labute approximate surface area is 122 Å². The number of amides is 1. The van der Waals surface area contributed by atoms with Gasteiger partial charge in [-0.25, -0.2) is 0 Å². The number of nitrogens with two attached hydrogens (primary N) is 1. The van der Waals surface area contributed by atoms with E-state index in [1.807, 2.05) is 36.9 Å². The Morgan fingerprint density at radius 3 is 2.40 bits per heavy atom. The highest BCUT2D eigenvalue weighted by Crippen LogP contribution is 2.57. The molecule has 3 heteroatoms. The van der Waals surface area contributed by atoms with Crippen LogP contribution in [0.1, 0.15) is 39.2 Å². The Morgan fingerprint density at radius 2 is 1.90 bits per heavy atom. The molecule has 1 aromatic rings. The Morgan fingerprint density at radius 1 is 1.30 bits per heavy atom. The summed E-state index contributed by atoms with van der Waals surface area (Å²) in [5.74, 6) is 0.533. The van der Waals surface area contributed by atoms with Crippen molar-refractivity contribution in [1.29, 1.82) is 0 Å². The summed E-state index contributed by atoms with van der Waals surface area (Å²) < 4.78 is 0. The molecule has 1 saturated carbocycles. The molecule has 1 aliphatic rings. The maximum absolute atomic E-state index is 13.0. The summed E-state index contributed by atoms with van der Waals surface area (Å²) in [4.78, 5) is 14.9. The van der Waals surface area contributed by atoms with E-state index in [9.17, 15) is 4.79 Å². The zero-order chi connectivity index (χ0) is 14.8. The van der Waals surface area contributed by atoms with Gasteiger partial charge in [-0.3, -0.25) is 4.79 Å². The smallest absolute Gasteiger partial charge is 0.233 e. The number of carbonyl (C=O) groups excluding carboxylic acids is 1. The minimum Gasteiger partial charge on any atom is -0.342 e. The lowest BCUT2D eigenvalue weighted by atomic mass is 9.89. The Balaban J connectivity index is 2.35. The molecule has 110 valence electrons. The van der Waals surface area contributed by atoms with Gasteiger partial charge in [0.1, 0.15) is 0 Å². The Bertz CT molecular complexity index is 455. The molecule has 0 spiro atoms. The second-order valence-electron chi connectivity index (χ2n) is 5.70. The van der Waals surface area contributed by atoms with Crippen LogP contribution in [0.5, 0.6) is 0 Å². The molecule has 2 N–H and O–H groups in total. The highest BCUT2D eigenvalue weighted by Gasteiger charge is 2.63. The first-order valence-electron chi connectivity index (χ1n) is 7.72. The van der Waals surface area contributed by atoms with Crippen LogP contribution in [-0.4, -0.2) is 29.9 Å². The molecular weight excluding hydrogens is 248 g/mol. The summed E-state index contributed by atoms with van der Waals surface area (Å²) >= 11 is 0. The molecule has 3 atom stereocenters. The van der Waals surface area contributed by atoms with Crippen LogP contribution in [0, 0.1) is 5.92 Å². The molecule has 0 aromatic heterocycles. The van der Waals surface area contributed by atoms with Gasteiger partial charge in [-0.15, -0.1) is 0 Å². The Kier molecular flexibility index (Phi) is 4.48. The van der Waals surface area contributed by atoms with Gasteiger partial charge in [-0.2, -0.15) is 0 Å². The number of hydrogen-bond donors (Lipinski definition) is 1. The first-order chi connectivity index (χ1) is 9.61. The third kappa shape index (κ3) is 2.35. The van der Waals surface area contributed by atoms with Gasteiger partial charge < -0.3 is 10.6 Å². The molecule has 1 aromatic carbocycles. The second kappa shape index (κ2) is 5.96. The van der Waals surface area contributed by atoms with Crippen LogP contribution >= 0.6 is 0 Å². The lowest BCUT2D eigenvalue weighted by molar-refractivity contribution is -0.134. The van der Waals surface area contributed by atoms with Crippen LogP contribution < -0.4 is 5.73 Å². The highest BCUT2D eigenvalue weighted by atomic mass is 16.2. The van der Waals surface area contributed by atoms with Crippen molar-refractivity contribution < 1.29 is 4.79 Å². The second-order valence-corrected chi connectivity index (χ2v) is 5.70. The van der Waals surface area contributed by atoms with Crippen molar-refractivity contribution in [3.8, 4) is 0 Å². The zero-order valence-corrected chi connectivity index (χ0v) is 12.8. The monoisotopic (exact) mass is 274 g/mol. The van der Waals surface area contributed by atoms with Crippen LogP contribution in [0.25, 0.3) is 0 Å². The molecule has 0 bridgehead atoms. The first-order valence-corrected chi connectivity index (χ1v) is 7.72. The molecule has 0 saturated heterocycles. The molecule has 0 radical (unpaired) electrons. The fraction of sp³-hybridized carbons (Fsp3) is 0.588. The quantitative estimate of drug-likeness (QED) is 0.866. The SMILES string of the molecule is CCC(N)[C@H]1C[C@]1(C(=O)N(CC)CC)c1ccccc1. The average Bonchev–Trinajstić information content (AvgIpc) is 3.25. The standard InChI is InChI=1S/C17H26N2O/c1-4-15(18)14-12-17(14,13-10-8-7-9-11-13)16(20)19(5-2)6-3/h7-11,14-15H,4-6,12,18H2,1-3H3/t14-,15?,17+/m1/s1. The van der Waals surface area contributed by atoms with Gasteiger partial charge >= 0.3 is 0 Å². The van der Waals surface area contributed by atoms with Crippen molar-refractivity contribution in [2.75, 3.05) is 13.1 Å². The lowest BCUT2D eigenvalue weighted by Crippen LogP contribution is -2.42. The van der Waals surface area contributed by atoms with Crippen molar-refractivity contribution in [3.05, 3.63) is 35.9 Å². The predicted octanol–water partition coefficient (Wildman–Crippen LogP) is 2.55. The van der Waals surface area contributed by atoms with E-state index in [0.29, 0.717) is 0 Å². The van der Waals surface area contributed by atoms with Crippen LogP contribution in [0.15, 0.2) is 30.3 Å². The highest BCUT2D eigenvalue weighted by molar-refractivity contribution is 5.92. The molecule has 1 amide bonds. The topological polar surface area (TPSA) is 46.3 Å². The predicted molar refractivity (Wildman–Crippen MR) is 82.4 cm³/mol. The van der Waals surface area contributed by atoms with Gasteiger partial charge in [0.05, 0.1) is 5.41 Å². The zero-order valence-electron chi connectivity index (χ0n) is 12.8. The molecular formula is C17H26N2O. The molecule has 2 rings (SSSR count). The number of benzene rings is 1. The molecule has 1 aliphatic carbocycles. The first kappa shape index (κ1) is 15.0. The number of likely N-dealkylation sites (N-methyl/N-ethyl adjacent to an activating group) is 1. The van der Waals surface area contributed by atoms with Crippen LogP contribution in [0.3, 0.4) is 0 Å². The minimum absolute atomic E-state index is 0.106. The van der Waals surface area contributed by atoms with Gasteiger partial charge in [-0.1, -0.05) is 37.3 Å². The van der Waals surface area contributed by atoms with Gasteiger partial charge in [0.2, 0.25) is 5.91 Å². The maximum Gasteiger partial charge on any atom is 0.233 e. The van der Waals surface area contributed by atoms with E-state index in [-0.39, 0.29) is 23.3 Å². The van der Waals surface area contributed by atoms with E-state index in [4.69, 9.17) is 5.73 Å². The molecule has 0 heterocycles. The van der Waals surface area contributed by atoms with Crippen LogP contribution in [0.4, 0.5) is 0 Å². The van der Waals surface area contributed by atoms with Crippen molar-refractivity contribution in [3.63, 3.8) is 0 Å². The van der Waals surface area contributed by atoms with Crippen LogP contribution in [0.2, 0.25) is 0 Å². The number of nitrogens with zero attached hydrogens (tertiary/aromatic N) is 1. The molecule has 1 fully saturated rings. The molecule has 0 aliphatic heterocycles. The third-order valence-electron chi connectivity index (χ3n) is 4.72. The Hall–Kier alpha value is -1.35. The van der Waals surface area contributed by atoms with Crippen molar-refractivity contribution in [2.24, 2.45) is 11.7 Å². The number of carbonyl (C=O) groups is 1. The maximum atomic E-state index is 13.0. The summed E-state index contributed by atoms with van der Waals surface area (Å²) in [5, 5.41) is 0. The van der Waals surface area contributed by atoms with E-state index in [1.54, 1.807) is 0 Å². The van der Waals surface area contributed by atoms with Crippen molar-refractivity contribution in [2.45, 2.75) is 45.1 Å². The van der Waals surface area contributed by atoms with Gasteiger partial charge in [0.25, 0.3) is 0 Å². The number of rotatable bonds is 6. The van der Waals surface area contributed by atoms with Gasteiger partial charge in [-0.05, 0) is 38.2 Å². The largest absolute Gasteiger partial charge is 0.342 e. The van der Waals surface area contributed by atoms with Crippen molar-refractivity contribution in [1.82, 2.24) is 4.90 Å². The lowest BCUT2D eigenvalue weighted by Gasteiger charge is -2.27. The van der Waals surface area contributed by atoms with Crippen molar-refractivity contribution >= 4 is 5.91 Å². The van der Waals surface area contributed by atoms with E-state index >= 15 is 0 Å². The normalized spacial score (nSPS) is 26.1. The molecule has 1 unspecified atom stereocenters. The molecule has 20 heavy (non-hydrogen) atoms. The average molecular weight is 274 g/mol. The van der Waals surface area contributed by atoms with Gasteiger partial charge in [0.15, 0.2) is 0 Å². The van der Waals surface area contributed by atoms with Crippen LogP contribution in [-0.2, 0) is 10.2 Å². The fourth-order valence-corrected chi connectivity index (χ4v) is 3.32. The summed E-state index contributed by atoms with van der Waals surface area (Å²) in [6, 6.07) is 10.3. The number of hydrogen-bond acceptors (Lipinski definition) is 2. The van der Waals surface area contributed by atoms with Gasteiger partial charge in [0, 0.05) is 19.1 Å². The van der Waals surface area contributed by atoms with E-state index < -0.39 is 0 Å². The van der Waals surface area contributed by atoms with E-state index in [2.05, 4.69) is 19.1 Å². The molecule has 3 nitrogen and oxygen atoms in total. The summed E-state index contributed by atoms with van der Waals surface area (Å²) in [6.07, 6.45) is 1.81. The summed E-state index contributed by atoms with van der Waals surface area (Å²) in [6.45, 7) is 7.70. The third-order valence-corrected chi connectivity index (χ3v) is 4.72. The van der Waals surface area contributed by atoms with E-state index in [1.165, 1.54) is 0 Å². The summed E-state index contributed by atoms with van der Waals surface area (Å²) in [5.41, 5.74) is 7.00. The fourth-order valence-electron chi connectivity index (χ4n) is 3.32. The summed E-state index contributed by atoms with van der Waals surface area (Å²) in [7, 11) is 0.